The van der Waals surface area contributed by atoms with Crippen LogP contribution in [-0.4, -0.2) is 28.0 Å². The molecule has 7 heteroatoms. The van der Waals surface area contributed by atoms with E-state index in [2.05, 4.69) is 32.2 Å². The van der Waals surface area contributed by atoms with Crippen LogP contribution in [0.5, 0.6) is 0 Å². The van der Waals surface area contributed by atoms with Gasteiger partial charge < -0.3 is 5.32 Å². The zero-order chi connectivity index (χ0) is 12.7. The summed E-state index contributed by atoms with van der Waals surface area (Å²) in [6, 6.07) is 1.42. The summed E-state index contributed by atoms with van der Waals surface area (Å²) in [6.45, 7) is 0.585. The minimum absolute atomic E-state index is 0.0404. The molecule has 1 aromatic rings. The van der Waals surface area contributed by atoms with E-state index in [0.29, 0.717) is 16.8 Å². The van der Waals surface area contributed by atoms with Crippen LogP contribution in [0, 0.1) is 22.5 Å². The summed E-state index contributed by atoms with van der Waals surface area (Å²) in [5.74, 6) is 4.20. The maximum absolute atomic E-state index is 10.8. The first-order valence-electron chi connectivity index (χ1n) is 4.70. The van der Waals surface area contributed by atoms with Crippen LogP contribution in [0.3, 0.4) is 0 Å². The number of terminal acetylenes is 1. The predicted molar refractivity (Wildman–Crippen MR) is 73.2 cm³/mol. The number of nitrogens with one attached hydrogen (secondary N) is 1. The number of hydrogen-bond donors (Lipinski definition) is 1. The van der Waals surface area contributed by atoms with Crippen LogP contribution >= 0.6 is 27.7 Å². The van der Waals surface area contributed by atoms with E-state index in [4.69, 9.17) is 6.42 Å². The van der Waals surface area contributed by atoms with E-state index in [0.717, 1.165) is 5.75 Å². The minimum atomic E-state index is -0.464. The average Bonchev–Trinajstić information content (AvgIpc) is 2.30. The topological polar surface area (TPSA) is 68.1 Å². The van der Waals surface area contributed by atoms with Crippen molar-refractivity contribution < 1.29 is 4.92 Å². The zero-order valence-corrected chi connectivity index (χ0v) is 11.3. The molecule has 0 atom stereocenters. The molecule has 1 heterocycles. The summed E-state index contributed by atoms with van der Waals surface area (Å²) in [5, 5.41) is 13.7. The van der Waals surface area contributed by atoms with Gasteiger partial charge in [0.2, 0.25) is 5.82 Å². The Balaban J connectivity index is 2.59. The lowest BCUT2D eigenvalue weighted by molar-refractivity contribution is -0.384. The summed E-state index contributed by atoms with van der Waals surface area (Å²) in [7, 11) is 0. The number of aromatic nitrogens is 1. The molecule has 1 N–H and O–H groups in total. The van der Waals surface area contributed by atoms with Crippen LogP contribution in [0.15, 0.2) is 16.7 Å². The number of halogens is 1. The normalized spacial score (nSPS) is 9.65. The molecule has 0 bridgehead atoms. The molecule has 0 aromatic carbocycles. The van der Waals surface area contributed by atoms with Crippen molar-refractivity contribution in [1.29, 1.82) is 0 Å². The van der Waals surface area contributed by atoms with Gasteiger partial charge in [-0.15, -0.1) is 18.2 Å². The molecule has 0 fully saturated rings. The van der Waals surface area contributed by atoms with E-state index < -0.39 is 4.92 Å². The highest BCUT2D eigenvalue weighted by Gasteiger charge is 2.14. The van der Waals surface area contributed by atoms with Crippen molar-refractivity contribution >= 4 is 39.2 Å². The molecule has 1 rings (SSSR count). The van der Waals surface area contributed by atoms with Gasteiger partial charge in [-0.05, 0) is 15.9 Å². The largest absolute Gasteiger partial charge is 0.364 e. The Kier molecular flexibility index (Phi) is 5.80. The van der Waals surface area contributed by atoms with Crippen LogP contribution in [0.2, 0.25) is 0 Å². The lowest BCUT2D eigenvalue weighted by Crippen LogP contribution is -2.08. The van der Waals surface area contributed by atoms with Crippen molar-refractivity contribution in [2.24, 2.45) is 0 Å². The number of pyridine rings is 1. The molecule has 0 amide bonds. The molecule has 1 aromatic heterocycles. The van der Waals surface area contributed by atoms with Crippen LogP contribution < -0.4 is 5.32 Å². The Hall–Kier alpha value is -1.26. The molecule has 0 aliphatic carbocycles. The maximum atomic E-state index is 10.8. The Bertz CT molecular complexity index is 448. The summed E-state index contributed by atoms with van der Waals surface area (Å²) >= 11 is 4.73. The number of rotatable bonds is 6. The Morgan fingerprint density at radius 3 is 3.12 bits per heavy atom. The third-order valence-corrected chi connectivity index (χ3v) is 3.05. The molecule has 17 heavy (non-hydrogen) atoms. The highest BCUT2D eigenvalue weighted by atomic mass is 79.9. The Labute approximate surface area is 112 Å². The minimum Gasteiger partial charge on any atom is -0.364 e. The average molecular weight is 316 g/mol. The third kappa shape index (κ3) is 4.63. The fourth-order valence-corrected chi connectivity index (χ4v) is 1.90. The lowest BCUT2D eigenvalue weighted by atomic mass is 10.4. The van der Waals surface area contributed by atoms with Gasteiger partial charge in [0.1, 0.15) is 0 Å². The fourth-order valence-electron chi connectivity index (χ4n) is 1.08. The molecule has 0 aliphatic rings. The van der Waals surface area contributed by atoms with Crippen molar-refractivity contribution in [2.75, 3.05) is 23.4 Å². The summed E-state index contributed by atoms with van der Waals surface area (Å²) in [5.41, 5.74) is -0.0404. The zero-order valence-electron chi connectivity index (χ0n) is 8.85. The van der Waals surface area contributed by atoms with Gasteiger partial charge >= 0.3 is 5.69 Å². The van der Waals surface area contributed by atoms with Crippen molar-refractivity contribution in [3.63, 3.8) is 0 Å². The van der Waals surface area contributed by atoms with Gasteiger partial charge in [-0.25, -0.2) is 4.98 Å². The first-order chi connectivity index (χ1) is 8.15. The van der Waals surface area contributed by atoms with E-state index in [1.165, 1.54) is 12.3 Å². The highest BCUT2D eigenvalue weighted by Crippen LogP contribution is 2.25. The fraction of sp³-hybridized carbons (Fsp3) is 0.300. The molecule has 0 aliphatic heterocycles. The molecule has 0 unspecified atom stereocenters. The predicted octanol–water partition coefficient (Wildman–Crippen LogP) is 2.53. The summed E-state index contributed by atoms with van der Waals surface area (Å²) < 4.78 is 0.580. The van der Waals surface area contributed by atoms with E-state index in [1.807, 2.05) is 0 Å². The van der Waals surface area contributed by atoms with E-state index in [-0.39, 0.29) is 11.5 Å². The van der Waals surface area contributed by atoms with E-state index >= 15 is 0 Å². The van der Waals surface area contributed by atoms with E-state index in [9.17, 15) is 10.1 Å². The van der Waals surface area contributed by atoms with Gasteiger partial charge in [0.05, 0.1) is 10.7 Å². The van der Waals surface area contributed by atoms with Crippen molar-refractivity contribution in [3.05, 3.63) is 26.9 Å². The van der Waals surface area contributed by atoms with Crippen LogP contribution in [-0.2, 0) is 0 Å². The van der Waals surface area contributed by atoms with Gasteiger partial charge in [0.25, 0.3) is 0 Å². The number of anilines is 1. The second-order valence-corrected chi connectivity index (χ2v) is 4.98. The standard InChI is InChI=1S/C10H10BrN3O2S/c1-2-4-17-5-3-12-10-9(14(15)16)6-8(11)7-13-10/h1,6-7H,3-5H2,(H,12,13). The van der Waals surface area contributed by atoms with Gasteiger partial charge in [-0.2, -0.15) is 0 Å². The third-order valence-electron chi connectivity index (χ3n) is 1.76. The molecule has 5 nitrogen and oxygen atoms in total. The molecular formula is C10H10BrN3O2S. The summed E-state index contributed by atoms with van der Waals surface area (Å²) in [6.07, 6.45) is 6.62. The van der Waals surface area contributed by atoms with Gasteiger partial charge in [-0.3, -0.25) is 10.1 Å². The molecule has 0 saturated heterocycles. The Morgan fingerprint density at radius 2 is 2.47 bits per heavy atom. The van der Waals surface area contributed by atoms with Crippen LogP contribution in [0.1, 0.15) is 0 Å². The Morgan fingerprint density at radius 1 is 1.71 bits per heavy atom. The lowest BCUT2D eigenvalue weighted by Gasteiger charge is -2.05. The molecule has 0 radical (unpaired) electrons. The number of nitro groups is 1. The molecule has 0 saturated carbocycles. The SMILES string of the molecule is C#CCSCCNc1ncc(Br)cc1[N+](=O)[O-]. The van der Waals surface area contributed by atoms with Crippen molar-refractivity contribution in [2.45, 2.75) is 0 Å². The van der Waals surface area contributed by atoms with E-state index in [1.54, 1.807) is 11.8 Å². The highest BCUT2D eigenvalue weighted by molar-refractivity contribution is 9.10. The maximum Gasteiger partial charge on any atom is 0.312 e. The number of thioether (sulfide) groups is 1. The smallest absolute Gasteiger partial charge is 0.312 e. The molecule has 0 spiro atoms. The second-order valence-electron chi connectivity index (χ2n) is 2.96. The van der Waals surface area contributed by atoms with Crippen LogP contribution in [0.25, 0.3) is 0 Å². The van der Waals surface area contributed by atoms with Crippen molar-refractivity contribution in [3.8, 4) is 12.3 Å². The first kappa shape index (κ1) is 13.8. The van der Waals surface area contributed by atoms with Gasteiger partial charge in [-0.1, -0.05) is 5.92 Å². The second kappa shape index (κ2) is 7.14. The van der Waals surface area contributed by atoms with Crippen molar-refractivity contribution in [1.82, 2.24) is 4.98 Å². The molecular weight excluding hydrogens is 306 g/mol. The number of hydrogen-bond acceptors (Lipinski definition) is 5. The summed E-state index contributed by atoms with van der Waals surface area (Å²) in [4.78, 5) is 14.3. The monoisotopic (exact) mass is 315 g/mol. The van der Waals surface area contributed by atoms with Gasteiger partial charge in [0, 0.05) is 29.0 Å². The number of nitrogens with zero attached hydrogens (tertiary/aromatic N) is 2. The molecule has 90 valence electrons. The quantitative estimate of drug-likeness (QED) is 0.378. The van der Waals surface area contributed by atoms with Crippen LogP contribution in [0.4, 0.5) is 11.5 Å². The first-order valence-corrected chi connectivity index (χ1v) is 6.65. The van der Waals surface area contributed by atoms with Gasteiger partial charge in [0.15, 0.2) is 0 Å².